The summed E-state index contributed by atoms with van der Waals surface area (Å²) >= 11 is 0. The lowest BCUT2D eigenvalue weighted by atomic mass is 9.85. The first-order valence-electron chi connectivity index (χ1n) is 4.70. The third-order valence-electron chi connectivity index (χ3n) is 2.47. The summed E-state index contributed by atoms with van der Waals surface area (Å²) in [4.78, 5) is 11.0. The molecule has 1 aromatic rings. The first kappa shape index (κ1) is 10.9. The van der Waals surface area contributed by atoms with Crippen molar-refractivity contribution in [3.8, 4) is 0 Å². The van der Waals surface area contributed by atoms with Gasteiger partial charge in [-0.05, 0) is 12.5 Å². The summed E-state index contributed by atoms with van der Waals surface area (Å²) < 4.78 is 0. The first-order valence-corrected chi connectivity index (χ1v) is 4.70. The van der Waals surface area contributed by atoms with E-state index in [-0.39, 0.29) is 17.8 Å². The van der Waals surface area contributed by atoms with Gasteiger partial charge in [0.2, 0.25) is 0 Å². The average molecular weight is 192 g/mol. The molecule has 0 atom stereocenters. The monoisotopic (exact) mass is 192 g/mol. The van der Waals surface area contributed by atoms with E-state index in [1.165, 1.54) is 0 Å². The smallest absolute Gasteiger partial charge is 0.159 e. The van der Waals surface area contributed by atoms with Crippen molar-refractivity contribution in [1.82, 2.24) is 0 Å². The molecule has 0 heterocycles. The fourth-order valence-electron chi connectivity index (χ4n) is 1.25. The normalized spacial score (nSPS) is 11.4. The van der Waals surface area contributed by atoms with E-state index in [9.17, 15) is 4.79 Å². The Bertz CT molecular complexity index is 323. The predicted molar refractivity (Wildman–Crippen MR) is 56.6 cm³/mol. The Labute approximate surface area is 84.6 Å². The predicted octanol–water partition coefficient (Wildman–Crippen LogP) is 2.16. The van der Waals surface area contributed by atoms with Gasteiger partial charge in [0.1, 0.15) is 0 Å². The van der Waals surface area contributed by atoms with Crippen LogP contribution in [-0.4, -0.2) is 17.5 Å². The van der Waals surface area contributed by atoms with Crippen LogP contribution in [0.2, 0.25) is 0 Å². The SMILES string of the molecule is CC(=O)c1ccc(C(C)(C)CO)cc1. The van der Waals surface area contributed by atoms with Gasteiger partial charge in [0.15, 0.2) is 5.78 Å². The highest BCUT2D eigenvalue weighted by Gasteiger charge is 2.18. The molecule has 0 bridgehead atoms. The number of Topliss-reactive ketones (excluding diaryl/α,β-unsaturated/α-hetero) is 1. The van der Waals surface area contributed by atoms with Gasteiger partial charge in [-0.15, -0.1) is 0 Å². The Hall–Kier alpha value is -1.15. The van der Waals surface area contributed by atoms with E-state index < -0.39 is 0 Å². The van der Waals surface area contributed by atoms with Crippen molar-refractivity contribution in [2.75, 3.05) is 6.61 Å². The van der Waals surface area contributed by atoms with Crippen LogP contribution in [0.25, 0.3) is 0 Å². The summed E-state index contributed by atoms with van der Waals surface area (Å²) in [5.41, 5.74) is 1.52. The average Bonchev–Trinajstić information content (AvgIpc) is 2.18. The van der Waals surface area contributed by atoms with Gasteiger partial charge < -0.3 is 5.11 Å². The molecule has 1 N–H and O–H groups in total. The van der Waals surface area contributed by atoms with Gasteiger partial charge >= 0.3 is 0 Å². The van der Waals surface area contributed by atoms with Crippen LogP contribution in [0.1, 0.15) is 36.7 Å². The molecule has 0 aromatic heterocycles. The number of carbonyl (C=O) groups excluding carboxylic acids is 1. The third-order valence-corrected chi connectivity index (χ3v) is 2.47. The van der Waals surface area contributed by atoms with Crippen LogP contribution in [-0.2, 0) is 5.41 Å². The van der Waals surface area contributed by atoms with Crippen LogP contribution in [0, 0.1) is 0 Å². The second-order valence-electron chi connectivity index (χ2n) is 4.18. The molecule has 2 heteroatoms. The highest BCUT2D eigenvalue weighted by Crippen LogP contribution is 2.22. The Morgan fingerprint density at radius 2 is 1.79 bits per heavy atom. The van der Waals surface area contributed by atoms with Gasteiger partial charge in [-0.25, -0.2) is 0 Å². The van der Waals surface area contributed by atoms with E-state index in [0.29, 0.717) is 5.56 Å². The number of aliphatic hydroxyl groups excluding tert-OH is 1. The quantitative estimate of drug-likeness (QED) is 0.745. The van der Waals surface area contributed by atoms with E-state index in [1.807, 2.05) is 26.0 Å². The molecule has 0 fully saturated rings. The lowest BCUT2D eigenvalue weighted by Crippen LogP contribution is -2.21. The van der Waals surface area contributed by atoms with Crippen molar-refractivity contribution in [3.63, 3.8) is 0 Å². The topological polar surface area (TPSA) is 37.3 Å². The fourth-order valence-corrected chi connectivity index (χ4v) is 1.25. The zero-order chi connectivity index (χ0) is 10.8. The molecule has 0 amide bonds. The molecule has 0 aliphatic carbocycles. The van der Waals surface area contributed by atoms with Crippen molar-refractivity contribution in [2.24, 2.45) is 0 Å². The minimum Gasteiger partial charge on any atom is -0.395 e. The maximum absolute atomic E-state index is 11.0. The van der Waals surface area contributed by atoms with Gasteiger partial charge in [-0.2, -0.15) is 0 Å². The summed E-state index contributed by atoms with van der Waals surface area (Å²) in [7, 11) is 0. The van der Waals surface area contributed by atoms with Crippen molar-refractivity contribution >= 4 is 5.78 Å². The van der Waals surface area contributed by atoms with Crippen molar-refractivity contribution in [3.05, 3.63) is 35.4 Å². The standard InChI is InChI=1S/C12H16O2/c1-9(14)10-4-6-11(7-5-10)12(2,3)8-13/h4-7,13H,8H2,1-3H3. The van der Waals surface area contributed by atoms with Gasteiger partial charge in [0.25, 0.3) is 0 Å². The van der Waals surface area contributed by atoms with E-state index in [2.05, 4.69) is 0 Å². The molecule has 14 heavy (non-hydrogen) atoms. The molecule has 0 unspecified atom stereocenters. The van der Waals surface area contributed by atoms with Crippen molar-refractivity contribution in [2.45, 2.75) is 26.2 Å². The van der Waals surface area contributed by atoms with Gasteiger partial charge in [0.05, 0.1) is 6.61 Å². The second-order valence-corrected chi connectivity index (χ2v) is 4.18. The zero-order valence-corrected chi connectivity index (χ0v) is 8.87. The highest BCUT2D eigenvalue weighted by atomic mass is 16.3. The molecule has 1 aromatic carbocycles. The van der Waals surface area contributed by atoms with Gasteiger partial charge in [0, 0.05) is 11.0 Å². The lowest BCUT2D eigenvalue weighted by molar-refractivity contribution is 0.101. The number of ketones is 1. The largest absolute Gasteiger partial charge is 0.395 e. The van der Waals surface area contributed by atoms with Gasteiger partial charge in [-0.1, -0.05) is 38.1 Å². The Morgan fingerprint density at radius 1 is 1.29 bits per heavy atom. The van der Waals surface area contributed by atoms with Crippen molar-refractivity contribution in [1.29, 1.82) is 0 Å². The number of benzene rings is 1. The molecular formula is C12H16O2. The summed E-state index contributed by atoms with van der Waals surface area (Å²) in [5.74, 6) is 0.0679. The molecule has 2 nitrogen and oxygen atoms in total. The minimum atomic E-state index is -0.241. The summed E-state index contributed by atoms with van der Waals surface area (Å²) in [5, 5.41) is 9.16. The van der Waals surface area contributed by atoms with E-state index >= 15 is 0 Å². The molecule has 1 rings (SSSR count). The molecule has 0 spiro atoms. The summed E-state index contributed by atoms with van der Waals surface area (Å²) in [6, 6.07) is 7.39. The fraction of sp³-hybridized carbons (Fsp3) is 0.417. The molecule has 0 aliphatic heterocycles. The Morgan fingerprint density at radius 3 is 2.14 bits per heavy atom. The summed E-state index contributed by atoms with van der Waals surface area (Å²) in [6.07, 6.45) is 0. The molecule has 0 aliphatic rings. The maximum atomic E-state index is 11.0. The lowest BCUT2D eigenvalue weighted by Gasteiger charge is -2.22. The molecular weight excluding hydrogens is 176 g/mol. The van der Waals surface area contributed by atoms with Crippen LogP contribution in [0.3, 0.4) is 0 Å². The summed E-state index contributed by atoms with van der Waals surface area (Å²) in [6.45, 7) is 5.59. The number of carbonyl (C=O) groups is 1. The first-order chi connectivity index (χ1) is 6.47. The number of rotatable bonds is 3. The second kappa shape index (κ2) is 3.93. The van der Waals surface area contributed by atoms with Crippen LogP contribution in [0.15, 0.2) is 24.3 Å². The molecule has 0 saturated carbocycles. The van der Waals surface area contributed by atoms with E-state index in [4.69, 9.17) is 5.11 Å². The molecule has 76 valence electrons. The minimum absolute atomic E-state index is 0.0679. The Balaban J connectivity index is 2.99. The van der Waals surface area contributed by atoms with Crippen LogP contribution in [0.5, 0.6) is 0 Å². The molecule has 0 radical (unpaired) electrons. The highest BCUT2D eigenvalue weighted by molar-refractivity contribution is 5.94. The third kappa shape index (κ3) is 2.20. The van der Waals surface area contributed by atoms with Crippen LogP contribution >= 0.6 is 0 Å². The van der Waals surface area contributed by atoms with Crippen LogP contribution < -0.4 is 0 Å². The van der Waals surface area contributed by atoms with Gasteiger partial charge in [-0.3, -0.25) is 4.79 Å². The van der Waals surface area contributed by atoms with E-state index in [1.54, 1.807) is 19.1 Å². The number of aliphatic hydroxyl groups is 1. The number of hydrogen-bond donors (Lipinski definition) is 1. The Kier molecular flexibility index (Phi) is 3.06. The molecule has 0 saturated heterocycles. The number of hydrogen-bond acceptors (Lipinski definition) is 2. The maximum Gasteiger partial charge on any atom is 0.159 e. The van der Waals surface area contributed by atoms with Crippen LogP contribution in [0.4, 0.5) is 0 Å². The zero-order valence-electron chi connectivity index (χ0n) is 8.87. The van der Waals surface area contributed by atoms with E-state index in [0.717, 1.165) is 5.56 Å². The van der Waals surface area contributed by atoms with Crippen molar-refractivity contribution < 1.29 is 9.90 Å².